The van der Waals surface area contributed by atoms with Crippen LogP contribution in [0, 0.1) is 0 Å². The van der Waals surface area contributed by atoms with Gasteiger partial charge in [-0.25, -0.2) is 0 Å². The lowest BCUT2D eigenvalue weighted by atomic mass is 10.1. The van der Waals surface area contributed by atoms with Gasteiger partial charge in [-0.05, 0) is 66.6 Å². The van der Waals surface area contributed by atoms with Crippen LogP contribution in [0.5, 0.6) is 0 Å². The van der Waals surface area contributed by atoms with Crippen LogP contribution in [0.1, 0.15) is 0 Å². The lowest BCUT2D eigenvalue weighted by molar-refractivity contribution is 1.52. The third-order valence-corrected chi connectivity index (χ3v) is 37.4. The van der Waals surface area contributed by atoms with Crippen LogP contribution in [0.3, 0.4) is 0 Å². The van der Waals surface area contributed by atoms with Crippen molar-refractivity contribution in [2.24, 2.45) is 0 Å². The summed E-state index contributed by atoms with van der Waals surface area (Å²) in [5.74, 6) is 0. The summed E-state index contributed by atoms with van der Waals surface area (Å²) in [6.07, 6.45) is 0. The highest BCUT2D eigenvalue weighted by Gasteiger charge is 2.62. The van der Waals surface area contributed by atoms with E-state index in [1.807, 2.05) is 0 Å². The molecule has 8 aromatic rings. The van der Waals surface area contributed by atoms with Gasteiger partial charge >= 0.3 is 0 Å². The summed E-state index contributed by atoms with van der Waals surface area (Å²) in [6.45, 7) is -5.74. The van der Waals surface area contributed by atoms with Gasteiger partial charge in [-0.1, -0.05) is 182 Å². The van der Waals surface area contributed by atoms with Crippen LogP contribution in [0.15, 0.2) is 216 Å². The molecule has 0 aliphatic rings. The molecule has 0 fully saturated rings. The molecule has 0 atom stereocenters. The fourth-order valence-corrected chi connectivity index (χ4v) is 39.0. The molecule has 48 heavy (non-hydrogen) atoms. The van der Waals surface area contributed by atoms with E-state index in [4.69, 9.17) is 0 Å². The molecule has 0 unspecified atom stereocenters. The molecule has 0 heterocycles. The predicted molar refractivity (Wildman–Crippen MR) is 215 cm³/mol. The number of fused-ring (bicyclic) bond motifs is 2. The van der Waals surface area contributed by atoms with E-state index in [0.29, 0.717) is 0 Å². The molecule has 230 valence electrons. The molecule has 0 aromatic heterocycles. The van der Waals surface area contributed by atoms with Crippen molar-refractivity contribution in [3.8, 4) is 0 Å². The maximum Gasteiger partial charge on any atom is 0.196 e. The zero-order valence-corrected chi connectivity index (χ0v) is 30.1. The van der Waals surface area contributed by atoms with Crippen molar-refractivity contribution in [1.82, 2.24) is 0 Å². The van der Waals surface area contributed by atoms with Gasteiger partial charge in [-0.3, -0.25) is 0 Å². The molecular formula is C44H34S2Si2. The topological polar surface area (TPSA) is 0 Å². The molecule has 0 bridgehead atoms. The monoisotopic (exact) mass is 682 g/mol. The minimum Gasteiger partial charge on any atom is -0.141 e. The molecule has 0 radical (unpaired) electrons. The molecule has 0 N–H and O–H groups in total. The molecule has 4 heteroatoms. The molecule has 0 aliphatic carbocycles. The van der Waals surface area contributed by atoms with Gasteiger partial charge in [0.1, 0.15) is 0 Å². The largest absolute Gasteiger partial charge is 0.196 e. The van der Waals surface area contributed by atoms with Gasteiger partial charge in [-0.2, -0.15) is 0 Å². The SMILES string of the molecule is c1ccc([Si](Sc2ccc3ccccc3c2)(c2ccccc2)[Si](Sc2ccc3ccccc3c2)(c2ccccc2)c2ccccc2)cc1. The zero-order valence-electron chi connectivity index (χ0n) is 26.4. The van der Waals surface area contributed by atoms with Crippen molar-refractivity contribution in [2.75, 3.05) is 0 Å². The van der Waals surface area contributed by atoms with Gasteiger partial charge in [0.15, 0.2) is 13.5 Å². The summed E-state index contributed by atoms with van der Waals surface area (Å²) in [5, 5.41) is 10.9. The molecule has 0 saturated heterocycles. The number of hydrogen-bond acceptors (Lipinski definition) is 2. The molecule has 0 aliphatic heterocycles. The summed E-state index contributed by atoms with van der Waals surface area (Å²) in [7, 11) is 0. The average molecular weight is 683 g/mol. The molecule has 0 saturated carbocycles. The molecule has 8 rings (SSSR count). The normalized spacial score (nSPS) is 11.9. The highest BCUT2D eigenvalue weighted by molar-refractivity contribution is 8.54. The Balaban J connectivity index is 1.51. The van der Waals surface area contributed by atoms with Gasteiger partial charge in [0.2, 0.25) is 0 Å². The Kier molecular flexibility index (Phi) is 8.64. The van der Waals surface area contributed by atoms with Crippen LogP contribution < -0.4 is 20.7 Å². The van der Waals surface area contributed by atoms with E-state index in [9.17, 15) is 0 Å². The first-order chi connectivity index (χ1) is 23.8. The van der Waals surface area contributed by atoms with Gasteiger partial charge < -0.3 is 0 Å². The van der Waals surface area contributed by atoms with Crippen LogP contribution in [0.25, 0.3) is 21.5 Å². The Hall–Kier alpha value is -4.59. The van der Waals surface area contributed by atoms with Crippen LogP contribution in [-0.4, -0.2) is 13.5 Å². The Morgan fingerprint density at radius 2 is 0.521 bits per heavy atom. The van der Waals surface area contributed by atoms with Gasteiger partial charge in [0, 0.05) is 9.79 Å². The standard InChI is InChI=1S/C44H34S2Si2/c1-5-21-41(22-6-1)47(42-23-7-2-8-24-42,45-39-31-29-35-17-13-15-19-37(35)33-39)48(43-25-9-3-10-26-43,44-27-11-4-12-28-44)46-40-32-30-36-18-14-16-20-38(36)34-40/h1-34H. The van der Waals surface area contributed by atoms with Crippen LogP contribution in [-0.2, 0) is 0 Å². The number of rotatable bonds is 9. The predicted octanol–water partition coefficient (Wildman–Crippen LogP) is 9.48. The lowest BCUT2D eigenvalue weighted by Gasteiger charge is -2.48. The Morgan fingerprint density at radius 3 is 0.833 bits per heavy atom. The summed E-state index contributed by atoms with van der Waals surface area (Å²) in [5.41, 5.74) is 0. The zero-order chi connectivity index (χ0) is 32.2. The molecule has 0 spiro atoms. The third kappa shape index (κ3) is 5.55. The average Bonchev–Trinajstić information content (AvgIpc) is 3.17. The smallest absolute Gasteiger partial charge is 0.141 e. The van der Waals surface area contributed by atoms with Crippen molar-refractivity contribution >= 4 is 78.2 Å². The van der Waals surface area contributed by atoms with Crippen molar-refractivity contribution in [2.45, 2.75) is 9.79 Å². The number of hydrogen-bond donors (Lipinski definition) is 0. The van der Waals surface area contributed by atoms with E-state index in [1.54, 1.807) is 0 Å². The fourth-order valence-electron chi connectivity index (χ4n) is 7.03. The quantitative estimate of drug-likeness (QED) is 0.139. The minimum absolute atomic E-state index is 1.27. The van der Waals surface area contributed by atoms with Crippen LogP contribution in [0.2, 0.25) is 0 Å². The van der Waals surface area contributed by atoms with E-state index < -0.39 is 13.5 Å². The molecule has 0 nitrogen and oxygen atoms in total. The van der Waals surface area contributed by atoms with Gasteiger partial charge in [0.25, 0.3) is 0 Å². The third-order valence-electron chi connectivity index (χ3n) is 9.20. The van der Waals surface area contributed by atoms with Crippen molar-refractivity contribution < 1.29 is 0 Å². The first-order valence-electron chi connectivity index (χ1n) is 16.3. The second-order valence-electron chi connectivity index (χ2n) is 12.0. The van der Waals surface area contributed by atoms with E-state index in [-0.39, 0.29) is 0 Å². The maximum absolute atomic E-state index is 2.87. The minimum atomic E-state index is -2.87. The summed E-state index contributed by atoms with van der Waals surface area (Å²) in [6, 6.07) is 77.6. The van der Waals surface area contributed by atoms with Gasteiger partial charge in [-0.15, -0.1) is 22.4 Å². The second-order valence-corrected chi connectivity index (χ2v) is 30.0. The highest BCUT2D eigenvalue weighted by atomic mass is 32.4. The van der Waals surface area contributed by atoms with Crippen LogP contribution in [0.4, 0.5) is 0 Å². The van der Waals surface area contributed by atoms with Crippen molar-refractivity contribution in [3.05, 3.63) is 206 Å². The van der Waals surface area contributed by atoms with E-state index in [1.165, 1.54) is 52.1 Å². The molecular weight excluding hydrogens is 649 g/mol. The molecule has 0 amide bonds. The van der Waals surface area contributed by atoms with Crippen molar-refractivity contribution in [1.29, 1.82) is 0 Å². The number of benzene rings is 8. The fraction of sp³-hybridized carbons (Fsp3) is 0. The van der Waals surface area contributed by atoms with Gasteiger partial charge in [0.05, 0.1) is 0 Å². The first-order valence-corrected chi connectivity index (χ1v) is 24.4. The Labute approximate surface area is 292 Å². The Bertz CT molecular complexity index is 2050. The summed E-state index contributed by atoms with van der Waals surface area (Å²) < 4.78 is 0. The van der Waals surface area contributed by atoms with Crippen molar-refractivity contribution in [3.63, 3.8) is 0 Å². The summed E-state index contributed by atoms with van der Waals surface area (Å²) in [4.78, 5) is 2.63. The summed E-state index contributed by atoms with van der Waals surface area (Å²) >= 11 is 4.31. The maximum atomic E-state index is 2.42. The first kappa shape index (κ1) is 30.7. The highest BCUT2D eigenvalue weighted by Crippen LogP contribution is 2.45. The second kappa shape index (κ2) is 13.5. The van der Waals surface area contributed by atoms with E-state index >= 15 is 0 Å². The lowest BCUT2D eigenvalue weighted by Crippen LogP contribution is -2.82. The van der Waals surface area contributed by atoms with Crippen LogP contribution >= 0.6 is 22.4 Å². The Morgan fingerprint density at radius 1 is 0.250 bits per heavy atom. The molecule has 8 aromatic carbocycles. The van der Waals surface area contributed by atoms with E-state index in [0.717, 1.165) is 0 Å². The van der Waals surface area contributed by atoms with E-state index in [2.05, 4.69) is 229 Å².